The number of hydrogen-bond acceptors (Lipinski definition) is 7. The predicted molar refractivity (Wildman–Crippen MR) is 127 cm³/mol. The molecule has 1 aromatic rings. The molecule has 186 valence electrons. The van der Waals surface area contributed by atoms with Crippen LogP contribution in [0.3, 0.4) is 0 Å². The topological polar surface area (TPSA) is 102 Å². The van der Waals surface area contributed by atoms with Gasteiger partial charge < -0.3 is 24.4 Å². The summed E-state index contributed by atoms with van der Waals surface area (Å²) in [6.07, 6.45) is 1.28. The highest BCUT2D eigenvalue weighted by molar-refractivity contribution is 5.71. The van der Waals surface area contributed by atoms with E-state index in [9.17, 15) is 19.8 Å². The van der Waals surface area contributed by atoms with E-state index in [4.69, 9.17) is 14.2 Å². The summed E-state index contributed by atoms with van der Waals surface area (Å²) in [5, 5.41) is 20.8. The second-order valence-electron chi connectivity index (χ2n) is 10.0. The smallest absolute Gasteiger partial charge is 0.306 e. The van der Waals surface area contributed by atoms with Gasteiger partial charge in [0.2, 0.25) is 0 Å². The third-order valence-corrected chi connectivity index (χ3v) is 7.24. The maximum atomic E-state index is 12.8. The van der Waals surface area contributed by atoms with Gasteiger partial charge in [0.25, 0.3) is 0 Å². The number of hydrogen-bond donors (Lipinski definition) is 2. The van der Waals surface area contributed by atoms with Crippen molar-refractivity contribution in [2.75, 3.05) is 7.11 Å². The minimum atomic E-state index is -0.977. The van der Waals surface area contributed by atoms with E-state index in [1.807, 2.05) is 13.0 Å². The molecule has 0 heterocycles. The summed E-state index contributed by atoms with van der Waals surface area (Å²) in [5.74, 6) is -0.282. The zero-order chi connectivity index (χ0) is 25.2. The molecular formula is C27H36O7. The molecule has 0 bridgehead atoms. The van der Waals surface area contributed by atoms with Gasteiger partial charge in [0, 0.05) is 13.3 Å². The standard InChI is InChI=1S/C27H36O7/c1-15-7-10-19-24(27(19,4)5)25(31)16(2)26(33-17(3)28)22(13-15)34-23(30)12-9-18-8-11-20(29)21(14-18)32-6/h8,11,13-14,19,22,24-26,29,31H,2,7,9-10,12H2,1,3-6H3/t19-,22-,24-,25+,26-/m0/s1. The lowest BCUT2D eigenvalue weighted by molar-refractivity contribution is -0.161. The van der Waals surface area contributed by atoms with Crippen molar-refractivity contribution in [3.8, 4) is 11.5 Å². The highest BCUT2D eigenvalue weighted by atomic mass is 16.6. The van der Waals surface area contributed by atoms with Gasteiger partial charge in [0.05, 0.1) is 13.2 Å². The van der Waals surface area contributed by atoms with Crippen molar-refractivity contribution in [2.45, 2.75) is 71.7 Å². The molecule has 0 aliphatic heterocycles. The van der Waals surface area contributed by atoms with Gasteiger partial charge in [0.1, 0.15) is 0 Å². The summed E-state index contributed by atoms with van der Waals surface area (Å²) in [6.45, 7) is 11.6. The van der Waals surface area contributed by atoms with Crippen molar-refractivity contribution in [1.29, 1.82) is 0 Å². The van der Waals surface area contributed by atoms with Crippen LogP contribution in [0.2, 0.25) is 0 Å². The van der Waals surface area contributed by atoms with E-state index in [1.165, 1.54) is 20.1 Å². The van der Waals surface area contributed by atoms with Crippen molar-refractivity contribution in [3.63, 3.8) is 0 Å². The molecule has 2 N–H and O–H groups in total. The fourth-order valence-electron chi connectivity index (χ4n) is 5.16. The number of carbonyl (C=O) groups is 2. The molecule has 0 aromatic heterocycles. The predicted octanol–water partition coefficient (Wildman–Crippen LogP) is 4.11. The maximum Gasteiger partial charge on any atom is 0.306 e. The van der Waals surface area contributed by atoms with Crippen LogP contribution in [0.4, 0.5) is 0 Å². The fraction of sp³-hybridized carbons (Fsp3) is 0.556. The van der Waals surface area contributed by atoms with Crippen molar-refractivity contribution < 1.29 is 34.0 Å². The fourth-order valence-corrected chi connectivity index (χ4v) is 5.16. The Balaban J connectivity index is 1.78. The first-order valence-corrected chi connectivity index (χ1v) is 11.7. The molecule has 7 heteroatoms. The number of aryl methyl sites for hydroxylation is 1. The van der Waals surface area contributed by atoms with Crippen molar-refractivity contribution in [2.24, 2.45) is 17.3 Å². The van der Waals surface area contributed by atoms with E-state index in [0.29, 0.717) is 23.7 Å². The summed E-state index contributed by atoms with van der Waals surface area (Å²) in [6, 6.07) is 4.90. The van der Waals surface area contributed by atoms with Crippen LogP contribution in [0.1, 0.15) is 52.5 Å². The van der Waals surface area contributed by atoms with E-state index >= 15 is 0 Å². The molecule has 0 radical (unpaired) electrons. The number of ether oxygens (including phenoxy) is 3. The third-order valence-electron chi connectivity index (χ3n) is 7.24. The Morgan fingerprint density at radius 2 is 1.94 bits per heavy atom. The van der Waals surface area contributed by atoms with Crippen LogP contribution in [0.25, 0.3) is 0 Å². The molecule has 1 fully saturated rings. The number of aromatic hydroxyl groups is 1. The molecule has 1 aromatic carbocycles. The van der Waals surface area contributed by atoms with E-state index < -0.39 is 30.3 Å². The Labute approximate surface area is 201 Å². The number of carbonyl (C=O) groups excluding carboxylic acids is 2. The average molecular weight is 473 g/mol. The van der Waals surface area contributed by atoms with Gasteiger partial charge in [-0.1, -0.05) is 32.1 Å². The van der Waals surface area contributed by atoms with Crippen molar-refractivity contribution >= 4 is 11.9 Å². The molecule has 0 amide bonds. The Kier molecular flexibility index (Phi) is 7.76. The average Bonchev–Trinajstić information content (AvgIpc) is 3.33. The van der Waals surface area contributed by atoms with Crippen molar-refractivity contribution in [3.05, 3.63) is 47.6 Å². The largest absolute Gasteiger partial charge is 0.504 e. The number of benzene rings is 1. The number of aliphatic hydroxyl groups excluding tert-OH is 1. The first-order valence-electron chi connectivity index (χ1n) is 11.7. The second kappa shape index (κ2) is 10.2. The minimum absolute atomic E-state index is 0.0183. The Hall–Kier alpha value is -2.80. The van der Waals surface area contributed by atoms with Gasteiger partial charge in [-0.15, -0.1) is 0 Å². The molecule has 1 saturated carbocycles. The summed E-state index contributed by atoms with van der Waals surface area (Å²) in [5.41, 5.74) is 2.15. The lowest BCUT2D eigenvalue weighted by Crippen LogP contribution is -2.39. The van der Waals surface area contributed by atoms with Crippen LogP contribution in [-0.4, -0.2) is 47.6 Å². The van der Waals surface area contributed by atoms with Crippen LogP contribution in [0.5, 0.6) is 11.5 Å². The Morgan fingerprint density at radius 1 is 1.24 bits per heavy atom. The molecule has 0 unspecified atom stereocenters. The summed E-state index contributed by atoms with van der Waals surface area (Å²) in [7, 11) is 1.46. The zero-order valence-corrected chi connectivity index (χ0v) is 20.7. The van der Waals surface area contributed by atoms with E-state index in [1.54, 1.807) is 12.1 Å². The lowest BCUT2D eigenvalue weighted by atomic mass is 9.92. The first kappa shape index (κ1) is 25.8. The highest BCUT2D eigenvalue weighted by Gasteiger charge is 2.61. The number of phenolic OH excluding ortho intramolecular Hbond substituents is 1. The number of allylic oxidation sites excluding steroid dienone is 1. The summed E-state index contributed by atoms with van der Waals surface area (Å²) >= 11 is 0. The van der Waals surface area contributed by atoms with Gasteiger partial charge in [-0.25, -0.2) is 0 Å². The van der Waals surface area contributed by atoms with Gasteiger partial charge in [-0.2, -0.15) is 0 Å². The molecule has 2 aliphatic carbocycles. The molecule has 34 heavy (non-hydrogen) atoms. The number of fused-ring (bicyclic) bond motifs is 1. The quantitative estimate of drug-likeness (QED) is 0.475. The summed E-state index contributed by atoms with van der Waals surface area (Å²) in [4.78, 5) is 24.7. The third kappa shape index (κ3) is 5.63. The first-order chi connectivity index (χ1) is 15.9. The lowest BCUT2D eigenvalue weighted by Gasteiger charge is -2.30. The molecule has 0 saturated heterocycles. The molecule has 2 aliphatic rings. The number of rotatable bonds is 6. The molecule has 7 nitrogen and oxygen atoms in total. The van der Waals surface area contributed by atoms with Gasteiger partial charge in [0.15, 0.2) is 23.7 Å². The second-order valence-corrected chi connectivity index (χ2v) is 10.0. The van der Waals surface area contributed by atoms with Gasteiger partial charge in [-0.3, -0.25) is 9.59 Å². The number of aliphatic hydroxyl groups is 1. The molecule has 5 atom stereocenters. The molecule has 0 spiro atoms. The zero-order valence-electron chi connectivity index (χ0n) is 20.7. The van der Waals surface area contributed by atoms with Crippen LogP contribution in [-0.2, 0) is 25.5 Å². The van der Waals surface area contributed by atoms with Gasteiger partial charge >= 0.3 is 11.9 Å². The Bertz CT molecular complexity index is 977. The maximum absolute atomic E-state index is 12.8. The van der Waals surface area contributed by atoms with Crippen LogP contribution < -0.4 is 4.74 Å². The SMILES string of the molecule is C=C1[C@@H](O)[C@@H]2[C@H](CCC(C)=C[C@H](OC(=O)CCc3ccc(O)c(OC)c3)[C@H]1OC(C)=O)C2(C)C. The number of esters is 2. The normalized spacial score (nSPS) is 28.2. The van der Waals surface area contributed by atoms with Crippen molar-refractivity contribution in [1.82, 2.24) is 0 Å². The number of methoxy groups -OCH3 is 1. The van der Waals surface area contributed by atoms with Gasteiger partial charge in [-0.05, 0) is 72.8 Å². The van der Waals surface area contributed by atoms with Crippen LogP contribution in [0.15, 0.2) is 42.0 Å². The molecular weight excluding hydrogens is 436 g/mol. The Morgan fingerprint density at radius 3 is 2.59 bits per heavy atom. The summed E-state index contributed by atoms with van der Waals surface area (Å²) < 4.78 is 16.4. The van der Waals surface area contributed by atoms with E-state index in [2.05, 4.69) is 20.4 Å². The van der Waals surface area contributed by atoms with Crippen LogP contribution in [0, 0.1) is 17.3 Å². The van der Waals surface area contributed by atoms with E-state index in [-0.39, 0.29) is 23.5 Å². The molecule has 3 rings (SSSR count). The number of phenols is 1. The monoisotopic (exact) mass is 472 g/mol. The highest BCUT2D eigenvalue weighted by Crippen LogP contribution is 2.63. The minimum Gasteiger partial charge on any atom is -0.504 e. The van der Waals surface area contributed by atoms with Crippen LogP contribution >= 0.6 is 0 Å². The van der Waals surface area contributed by atoms with E-state index in [0.717, 1.165) is 24.0 Å².